The van der Waals surface area contributed by atoms with Crippen molar-refractivity contribution in [1.29, 1.82) is 0 Å². The summed E-state index contributed by atoms with van der Waals surface area (Å²) in [6.07, 6.45) is 6.10. The molecule has 1 aromatic carbocycles. The normalized spacial score (nSPS) is 22.6. The lowest BCUT2D eigenvalue weighted by Gasteiger charge is -2.25. The van der Waals surface area contributed by atoms with Crippen molar-refractivity contribution in [1.82, 2.24) is 4.57 Å². The van der Waals surface area contributed by atoms with Crippen LogP contribution in [-0.2, 0) is 0 Å². The smallest absolute Gasteiger partial charge is 0.341 e. The number of rotatable bonds is 4. The van der Waals surface area contributed by atoms with E-state index in [9.17, 15) is 14.7 Å². The van der Waals surface area contributed by atoms with E-state index < -0.39 is 17.2 Å². The standard InChI is InChI=1S/C20H22FN3O3/c21-15-7-13-17(24(12-3-4-12)9-14(19(13)25)20(26)27)16(10-1-2-10)18(15)23-6-5-11(22)8-23/h7,9-12H,1-6,8,22H2,(H,26,27). The molecular weight excluding hydrogens is 349 g/mol. The molecule has 5 rings (SSSR count). The number of aromatic carboxylic acids is 1. The first kappa shape index (κ1) is 16.7. The molecule has 3 aliphatic rings. The molecule has 3 N–H and O–H groups in total. The number of carboxylic acid groups (broad SMARTS) is 1. The lowest BCUT2D eigenvalue weighted by atomic mass is 9.99. The van der Waals surface area contributed by atoms with E-state index in [0.29, 0.717) is 18.8 Å². The van der Waals surface area contributed by atoms with Crippen LogP contribution in [-0.4, -0.2) is 34.8 Å². The van der Waals surface area contributed by atoms with Crippen LogP contribution in [0.5, 0.6) is 0 Å². The third-order valence-electron chi connectivity index (χ3n) is 5.98. The number of aromatic nitrogens is 1. The highest BCUT2D eigenvalue weighted by Crippen LogP contribution is 2.50. The topological polar surface area (TPSA) is 88.6 Å². The van der Waals surface area contributed by atoms with Gasteiger partial charge in [-0.1, -0.05) is 0 Å². The largest absolute Gasteiger partial charge is 0.477 e. The average molecular weight is 371 g/mol. The molecule has 1 aliphatic heterocycles. The van der Waals surface area contributed by atoms with E-state index in [-0.39, 0.29) is 29.0 Å². The molecule has 2 saturated carbocycles. The molecule has 2 aliphatic carbocycles. The number of fused-ring (bicyclic) bond motifs is 1. The van der Waals surface area contributed by atoms with Gasteiger partial charge in [0.2, 0.25) is 5.43 Å². The van der Waals surface area contributed by atoms with Gasteiger partial charge in [-0.15, -0.1) is 0 Å². The second-order valence-corrected chi connectivity index (χ2v) is 8.10. The predicted octanol–water partition coefficient (Wildman–Crippen LogP) is 2.59. The van der Waals surface area contributed by atoms with Gasteiger partial charge in [0.15, 0.2) is 0 Å². The molecule has 0 amide bonds. The summed E-state index contributed by atoms with van der Waals surface area (Å²) in [4.78, 5) is 26.4. The summed E-state index contributed by atoms with van der Waals surface area (Å²) in [6.45, 7) is 1.30. The molecule has 6 nitrogen and oxygen atoms in total. The molecule has 3 fully saturated rings. The van der Waals surface area contributed by atoms with Crippen molar-refractivity contribution in [2.24, 2.45) is 5.73 Å². The number of halogens is 1. The number of carbonyl (C=O) groups is 1. The van der Waals surface area contributed by atoms with Gasteiger partial charge in [-0.2, -0.15) is 0 Å². The molecule has 7 heteroatoms. The number of nitrogens with zero attached hydrogens (tertiary/aromatic N) is 2. The van der Waals surface area contributed by atoms with Gasteiger partial charge in [0.25, 0.3) is 0 Å². The summed E-state index contributed by atoms with van der Waals surface area (Å²) in [5, 5.41) is 9.63. The Morgan fingerprint density at radius 1 is 1.22 bits per heavy atom. The summed E-state index contributed by atoms with van der Waals surface area (Å²) < 4.78 is 17.2. The Kier molecular flexibility index (Phi) is 3.59. The van der Waals surface area contributed by atoms with E-state index >= 15 is 4.39 Å². The second kappa shape index (κ2) is 5.79. The number of nitrogens with two attached hydrogens (primary N) is 1. The highest BCUT2D eigenvalue weighted by molar-refractivity contribution is 5.96. The predicted molar refractivity (Wildman–Crippen MR) is 100 cm³/mol. The molecule has 1 aromatic heterocycles. The minimum Gasteiger partial charge on any atom is -0.477 e. The molecule has 2 aromatic rings. The monoisotopic (exact) mass is 371 g/mol. The Hall–Kier alpha value is -2.41. The highest BCUT2D eigenvalue weighted by Gasteiger charge is 2.37. The van der Waals surface area contributed by atoms with Gasteiger partial charge < -0.3 is 20.3 Å². The van der Waals surface area contributed by atoms with Gasteiger partial charge in [-0.05, 0) is 44.1 Å². The number of carboxylic acids is 1. The van der Waals surface area contributed by atoms with Gasteiger partial charge in [-0.25, -0.2) is 9.18 Å². The molecule has 0 radical (unpaired) electrons. The molecule has 0 bridgehead atoms. The van der Waals surface area contributed by atoms with Crippen LogP contribution >= 0.6 is 0 Å². The second-order valence-electron chi connectivity index (χ2n) is 8.10. The maximum absolute atomic E-state index is 15.2. The van der Waals surface area contributed by atoms with Crippen molar-refractivity contribution < 1.29 is 14.3 Å². The van der Waals surface area contributed by atoms with Crippen LogP contribution in [0.25, 0.3) is 10.9 Å². The Balaban J connectivity index is 1.85. The van der Waals surface area contributed by atoms with Crippen LogP contribution in [0.4, 0.5) is 10.1 Å². The number of anilines is 1. The summed E-state index contributed by atoms with van der Waals surface area (Å²) in [6, 6.07) is 1.45. The molecule has 1 unspecified atom stereocenters. The number of hydrogen-bond donors (Lipinski definition) is 2. The molecular formula is C20H22FN3O3. The highest BCUT2D eigenvalue weighted by atomic mass is 19.1. The zero-order chi connectivity index (χ0) is 18.9. The molecule has 27 heavy (non-hydrogen) atoms. The quantitative estimate of drug-likeness (QED) is 0.862. The van der Waals surface area contributed by atoms with Gasteiger partial charge in [0.1, 0.15) is 11.4 Å². The lowest BCUT2D eigenvalue weighted by Crippen LogP contribution is -2.28. The van der Waals surface area contributed by atoms with E-state index in [1.807, 2.05) is 9.47 Å². The van der Waals surface area contributed by atoms with Crippen molar-refractivity contribution in [3.8, 4) is 0 Å². The van der Waals surface area contributed by atoms with Crippen LogP contribution in [0.2, 0.25) is 0 Å². The van der Waals surface area contributed by atoms with Crippen molar-refractivity contribution in [3.05, 3.63) is 39.4 Å². The van der Waals surface area contributed by atoms with Crippen molar-refractivity contribution in [3.63, 3.8) is 0 Å². The van der Waals surface area contributed by atoms with Gasteiger partial charge in [-0.3, -0.25) is 4.79 Å². The molecule has 1 atom stereocenters. The Morgan fingerprint density at radius 2 is 1.96 bits per heavy atom. The van der Waals surface area contributed by atoms with Gasteiger partial charge in [0.05, 0.1) is 11.2 Å². The fourth-order valence-corrected chi connectivity index (χ4v) is 4.37. The van der Waals surface area contributed by atoms with Gasteiger partial charge in [0, 0.05) is 42.3 Å². The number of benzene rings is 1. The average Bonchev–Trinajstić information content (AvgIpc) is 3.53. The maximum atomic E-state index is 15.2. The third kappa shape index (κ3) is 2.64. The number of pyridine rings is 1. The van der Waals surface area contributed by atoms with Crippen LogP contribution < -0.4 is 16.1 Å². The van der Waals surface area contributed by atoms with Crippen molar-refractivity contribution in [2.75, 3.05) is 18.0 Å². The SMILES string of the molecule is NC1CCN(c2c(F)cc3c(=O)c(C(=O)O)cn(C4CC4)c3c2C2CC2)C1. The first-order valence-electron chi connectivity index (χ1n) is 9.60. The molecule has 1 saturated heterocycles. The lowest BCUT2D eigenvalue weighted by molar-refractivity contribution is 0.0695. The summed E-state index contributed by atoms with van der Waals surface area (Å²) >= 11 is 0. The van der Waals surface area contributed by atoms with Crippen LogP contribution in [0.3, 0.4) is 0 Å². The minimum atomic E-state index is -1.26. The zero-order valence-corrected chi connectivity index (χ0v) is 14.9. The van der Waals surface area contributed by atoms with E-state index in [0.717, 1.165) is 43.2 Å². The van der Waals surface area contributed by atoms with Crippen LogP contribution in [0, 0.1) is 5.82 Å². The summed E-state index contributed by atoms with van der Waals surface area (Å²) in [5.74, 6) is -1.49. The Bertz CT molecular complexity index is 1020. The summed E-state index contributed by atoms with van der Waals surface area (Å²) in [7, 11) is 0. The fourth-order valence-electron chi connectivity index (χ4n) is 4.37. The maximum Gasteiger partial charge on any atom is 0.341 e. The summed E-state index contributed by atoms with van der Waals surface area (Å²) in [5.41, 5.74) is 7.33. The zero-order valence-electron chi connectivity index (χ0n) is 14.9. The van der Waals surface area contributed by atoms with E-state index in [1.165, 1.54) is 12.3 Å². The first-order chi connectivity index (χ1) is 13.0. The van der Waals surface area contributed by atoms with E-state index in [1.54, 1.807) is 0 Å². The third-order valence-corrected chi connectivity index (χ3v) is 5.98. The Labute approximate surface area is 155 Å². The minimum absolute atomic E-state index is 0.0205. The van der Waals surface area contributed by atoms with Crippen LogP contribution in [0.15, 0.2) is 17.1 Å². The van der Waals surface area contributed by atoms with Crippen molar-refractivity contribution in [2.45, 2.75) is 50.1 Å². The molecule has 0 spiro atoms. The number of hydrogen-bond acceptors (Lipinski definition) is 4. The van der Waals surface area contributed by atoms with E-state index in [2.05, 4.69) is 0 Å². The first-order valence-corrected chi connectivity index (χ1v) is 9.60. The van der Waals surface area contributed by atoms with Crippen molar-refractivity contribution >= 4 is 22.6 Å². The Morgan fingerprint density at radius 3 is 2.52 bits per heavy atom. The van der Waals surface area contributed by atoms with E-state index in [4.69, 9.17) is 5.73 Å². The van der Waals surface area contributed by atoms with Crippen LogP contribution in [0.1, 0.15) is 60.0 Å². The molecule has 142 valence electrons. The fraction of sp³-hybridized carbons (Fsp3) is 0.500. The van der Waals surface area contributed by atoms with Gasteiger partial charge >= 0.3 is 5.97 Å². The molecule has 2 heterocycles.